The van der Waals surface area contributed by atoms with E-state index in [9.17, 15) is 4.79 Å². The van der Waals surface area contributed by atoms with E-state index in [2.05, 4.69) is 9.97 Å². The van der Waals surface area contributed by atoms with Gasteiger partial charge in [-0.1, -0.05) is 0 Å². The molecule has 102 valence electrons. The Morgan fingerprint density at radius 3 is 2.85 bits per heavy atom. The third-order valence-electron chi connectivity index (χ3n) is 2.85. The summed E-state index contributed by atoms with van der Waals surface area (Å²) in [4.78, 5) is 20.8. The number of H-pyrrole nitrogens is 1. The summed E-state index contributed by atoms with van der Waals surface area (Å²) in [6.45, 7) is 2.37. The van der Waals surface area contributed by atoms with Crippen LogP contribution >= 0.6 is 0 Å². The number of hydrogen-bond acceptors (Lipinski definition) is 4. The molecule has 6 heteroatoms. The number of nitrogens with zero attached hydrogens (tertiary/aromatic N) is 3. The molecule has 0 atom stereocenters. The van der Waals surface area contributed by atoms with Gasteiger partial charge in [-0.3, -0.25) is 4.79 Å². The molecular weight excluding hydrogens is 256 g/mol. The van der Waals surface area contributed by atoms with Crippen LogP contribution in [0.4, 0.5) is 5.69 Å². The Labute approximate surface area is 116 Å². The second kappa shape index (κ2) is 5.89. The molecule has 0 spiro atoms. The Kier molecular flexibility index (Phi) is 4.01. The number of methoxy groups -OCH3 is 1. The summed E-state index contributed by atoms with van der Waals surface area (Å²) in [5.41, 5.74) is 1.47. The number of rotatable bonds is 4. The first-order valence-electron chi connectivity index (χ1n) is 6.10. The summed E-state index contributed by atoms with van der Waals surface area (Å²) in [6, 6.07) is 6.97. The lowest BCUT2D eigenvalue weighted by atomic mass is 10.3. The number of ether oxygens (including phenoxy) is 1. The number of carbonyl (C=O) groups is 1. The average molecular weight is 270 g/mol. The summed E-state index contributed by atoms with van der Waals surface area (Å²) in [5.74, 6) is 0.282. The van der Waals surface area contributed by atoms with Crippen LogP contribution in [0.15, 0.2) is 30.6 Å². The number of aromatic amines is 1. The predicted molar refractivity (Wildman–Crippen MR) is 73.6 cm³/mol. The van der Waals surface area contributed by atoms with E-state index in [4.69, 9.17) is 10.00 Å². The maximum Gasteiger partial charge on any atom is 0.274 e. The highest BCUT2D eigenvalue weighted by atomic mass is 16.5. The van der Waals surface area contributed by atoms with Crippen molar-refractivity contribution < 1.29 is 9.53 Å². The zero-order chi connectivity index (χ0) is 14.5. The second-order valence-electron chi connectivity index (χ2n) is 4.02. The van der Waals surface area contributed by atoms with Gasteiger partial charge in [0.2, 0.25) is 5.88 Å². The zero-order valence-corrected chi connectivity index (χ0v) is 11.3. The summed E-state index contributed by atoms with van der Waals surface area (Å²) in [7, 11) is 1.53. The highest BCUT2D eigenvalue weighted by Gasteiger charge is 2.18. The summed E-state index contributed by atoms with van der Waals surface area (Å²) >= 11 is 0. The zero-order valence-electron chi connectivity index (χ0n) is 11.3. The largest absolute Gasteiger partial charge is 0.481 e. The van der Waals surface area contributed by atoms with Crippen LogP contribution in [0.2, 0.25) is 0 Å². The van der Waals surface area contributed by atoms with Gasteiger partial charge in [0, 0.05) is 18.8 Å². The molecule has 0 unspecified atom stereocenters. The molecule has 0 fully saturated rings. The molecule has 0 bridgehead atoms. The van der Waals surface area contributed by atoms with Gasteiger partial charge in [-0.05, 0) is 19.1 Å². The van der Waals surface area contributed by atoms with Crippen LogP contribution in [-0.2, 0) is 0 Å². The van der Waals surface area contributed by atoms with Crippen molar-refractivity contribution in [1.82, 2.24) is 9.97 Å². The Morgan fingerprint density at radius 2 is 2.35 bits per heavy atom. The second-order valence-corrected chi connectivity index (χ2v) is 4.02. The lowest BCUT2D eigenvalue weighted by molar-refractivity contribution is 0.0984. The summed E-state index contributed by atoms with van der Waals surface area (Å²) < 4.78 is 4.99. The molecule has 1 N–H and O–H groups in total. The first-order chi connectivity index (χ1) is 9.69. The molecule has 0 saturated heterocycles. The standard InChI is InChI=1S/C14H14N4O2/c1-3-18(11-4-5-13(20-2)17-9-11)14(19)12-6-10(7-15)8-16-12/h4-6,8-9,16H,3H2,1-2H3. The Bertz CT molecular complexity index is 640. The molecule has 0 aliphatic rings. The van der Waals surface area contributed by atoms with E-state index in [-0.39, 0.29) is 5.91 Å². The predicted octanol–water partition coefficient (Wildman–Crippen LogP) is 1.96. The fraction of sp³-hybridized carbons (Fsp3) is 0.214. The highest BCUT2D eigenvalue weighted by Crippen LogP contribution is 2.18. The molecule has 0 aliphatic carbocycles. The van der Waals surface area contributed by atoms with Gasteiger partial charge in [0.25, 0.3) is 5.91 Å². The van der Waals surface area contributed by atoms with E-state index < -0.39 is 0 Å². The van der Waals surface area contributed by atoms with Gasteiger partial charge in [-0.25, -0.2) is 4.98 Å². The quantitative estimate of drug-likeness (QED) is 0.920. The molecule has 2 rings (SSSR count). The highest BCUT2D eigenvalue weighted by molar-refractivity contribution is 6.05. The topological polar surface area (TPSA) is 82.0 Å². The molecule has 0 saturated carbocycles. The Hall–Kier alpha value is -2.81. The van der Waals surface area contributed by atoms with Crippen molar-refractivity contribution in [3.8, 4) is 11.9 Å². The van der Waals surface area contributed by atoms with Crippen LogP contribution in [-0.4, -0.2) is 29.5 Å². The molecule has 2 aromatic rings. The molecule has 1 amide bonds. The number of hydrogen-bond donors (Lipinski definition) is 1. The van der Waals surface area contributed by atoms with Gasteiger partial charge in [0.05, 0.1) is 24.6 Å². The Balaban J connectivity index is 2.26. The first-order valence-corrected chi connectivity index (χ1v) is 6.10. The van der Waals surface area contributed by atoms with E-state index in [1.807, 2.05) is 13.0 Å². The fourth-order valence-corrected chi connectivity index (χ4v) is 1.82. The normalized spacial score (nSPS) is 9.85. The van der Waals surface area contributed by atoms with Crippen molar-refractivity contribution in [3.05, 3.63) is 41.9 Å². The monoisotopic (exact) mass is 270 g/mol. The van der Waals surface area contributed by atoms with Gasteiger partial charge in [0.15, 0.2) is 0 Å². The van der Waals surface area contributed by atoms with Crippen molar-refractivity contribution in [3.63, 3.8) is 0 Å². The van der Waals surface area contributed by atoms with Crippen molar-refractivity contribution >= 4 is 11.6 Å². The van der Waals surface area contributed by atoms with Gasteiger partial charge < -0.3 is 14.6 Å². The Morgan fingerprint density at radius 1 is 1.55 bits per heavy atom. The number of nitrogens with one attached hydrogen (secondary N) is 1. The maximum absolute atomic E-state index is 12.4. The molecule has 6 nitrogen and oxygen atoms in total. The van der Waals surface area contributed by atoms with E-state index in [1.54, 1.807) is 23.2 Å². The lowest BCUT2D eigenvalue weighted by Crippen LogP contribution is -2.30. The van der Waals surface area contributed by atoms with Gasteiger partial charge >= 0.3 is 0 Å². The lowest BCUT2D eigenvalue weighted by Gasteiger charge is -2.20. The molecule has 20 heavy (non-hydrogen) atoms. The van der Waals surface area contributed by atoms with Crippen molar-refractivity contribution in [2.24, 2.45) is 0 Å². The minimum atomic E-state index is -0.207. The minimum absolute atomic E-state index is 0.207. The van der Waals surface area contributed by atoms with Gasteiger partial charge in [-0.2, -0.15) is 5.26 Å². The van der Waals surface area contributed by atoms with E-state index in [1.165, 1.54) is 19.4 Å². The molecule has 0 aliphatic heterocycles. The molecule has 0 aromatic carbocycles. The van der Waals surface area contributed by atoms with Crippen molar-refractivity contribution in [2.75, 3.05) is 18.6 Å². The van der Waals surface area contributed by atoms with Crippen LogP contribution in [0.3, 0.4) is 0 Å². The van der Waals surface area contributed by atoms with Crippen molar-refractivity contribution in [2.45, 2.75) is 6.92 Å². The number of amides is 1. The van der Waals surface area contributed by atoms with Crippen LogP contribution in [0.1, 0.15) is 23.0 Å². The third kappa shape index (κ3) is 2.62. The molecule has 2 aromatic heterocycles. The number of carbonyl (C=O) groups excluding carboxylic acids is 1. The first kappa shape index (κ1) is 13.6. The number of pyridine rings is 1. The number of aromatic nitrogens is 2. The SMILES string of the molecule is CCN(C(=O)c1cc(C#N)c[nH]1)c1ccc(OC)nc1. The van der Waals surface area contributed by atoms with Crippen LogP contribution in [0.25, 0.3) is 0 Å². The van der Waals surface area contributed by atoms with Crippen LogP contribution < -0.4 is 9.64 Å². The van der Waals surface area contributed by atoms with Crippen LogP contribution in [0.5, 0.6) is 5.88 Å². The van der Waals surface area contributed by atoms with E-state index >= 15 is 0 Å². The average Bonchev–Trinajstić information content (AvgIpc) is 2.97. The van der Waals surface area contributed by atoms with Gasteiger partial charge in [-0.15, -0.1) is 0 Å². The molecule has 2 heterocycles. The summed E-state index contributed by atoms with van der Waals surface area (Å²) in [5, 5.41) is 8.78. The molecular formula is C14H14N4O2. The molecule has 0 radical (unpaired) electrons. The summed E-state index contributed by atoms with van der Waals surface area (Å²) in [6.07, 6.45) is 3.09. The number of nitriles is 1. The van der Waals surface area contributed by atoms with Crippen LogP contribution in [0, 0.1) is 11.3 Å². The smallest absolute Gasteiger partial charge is 0.274 e. The number of anilines is 1. The fourth-order valence-electron chi connectivity index (χ4n) is 1.82. The minimum Gasteiger partial charge on any atom is -0.481 e. The van der Waals surface area contributed by atoms with Crippen molar-refractivity contribution in [1.29, 1.82) is 5.26 Å². The maximum atomic E-state index is 12.4. The third-order valence-corrected chi connectivity index (χ3v) is 2.85. The van der Waals surface area contributed by atoms with E-state index in [0.717, 1.165) is 0 Å². The van der Waals surface area contributed by atoms with Gasteiger partial charge in [0.1, 0.15) is 11.8 Å². The van der Waals surface area contributed by atoms with E-state index in [0.29, 0.717) is 29.4 Å².